The van der Waals surface area contributed by atoms with Gasteiger partial charge < -0.3 is 0 Å². The van der Waals surface area contributed by atoms with Crippen molar-refractivity contribution in [1.29, 1.82) is 0 Å². The van der Waals surface area contributed by atoms with Crippen LogP contribution in [0.25, 0.3) is 10.8 Å². The predicted octanol–water partition coefficient (Wildman–Crippen LogP) is 3.51. The number of fused-ring (bicyclic) bond motifs is 1. The Morgan fingerprint density at radius 1 is 1.22 bits per heavy atom. The summed E-state index contributed by atoms with van der Waals surface area (Å²) in [6, 6.07) is 3.81. The first-order chi connectivity index (χ1) is 8.74. The Balaban J connectivity index is 2.05. The summed E-state index contributed by atoms with van der Waals surface area (Å²) < 4.78 is 0. The standard InChI is InChI=1S/C14H13ClN2O/c15-13-7-12-10(8-17-13)5-6-16-14(12)9-1-3-11(18)4-2-9/h5-9H,1-4H2. The second-order valence-corrected chi connectivity index (χ2v) is 5.12. The van der Waals surface area contributed by atoms with Crippen LogP contribution < -0.4 is 0 Å². The van der Waals surface area contributed by atoms with Crippen molar-refractivity contribution in [3.63, 3.8) is 0 Å². The zero-order chi connectivity index (χ0) is 12.5. The zero-order valence-electron chi connectivity index (χ0n) is 9.90. The maximum Gasteiger partial charge on any atom is 0.132 e. The Morgan fingerprint density at radius 2 is 2.00 bits per heavy atom. The number of pyridine rings is 2. The van der Waals surface area contributed by atoms with Gasteiger partial charge in [0.25, 0.3) is 0 Å². The van der Waals surface area contributed by atoms with E-state index in [-0.39, 0.29) is 0 Å². The van der Waals surface area contributed by atoms with E-state index in [0.717, 1.165) is 29.3 Å². The van der Waals surface area contributed by atoms with E-state index in [9.17, 15) is 4.79 Å². The average Bonchev–Trinajstić information content (AvgIpc) is 2.39. The lowest BCUT2D eigenvalue weighted by molar-refractivity contribution is -0.120. The van der Waals surface area contributed by atoms with Crippen molar-refractivity contribution in [3.05, 3.63) is 35.4 Å². The molecule has 1 fully saturated rings. The lowest BCUT2D eigenvalue weighted by Gasteiger charge is -2.21. The second-order valence-electron chi connectivity index (χ2n) is 4.74. The van der Waals surface area contributed by atoms with Crippen molar-refractivity contribution in [2.75, 3.05) is 0 Å². The summed E-state index contributed by atoms with van der Waals surface area (Å²) in [5, 5.41) is 2.61. The molecule has 0 unspecified atom stereocenters. The van der Waals surface area contributed by atoms with E-state index in [1.807, 2.05) is 18.3 Å². The maximum absolute atomic E-state index is 11.3. The molecule has 3 nitrogen and oxygen atoms in total. The van der Waals surface area contributed by atoms with Gasteiger partial charge in [0.05, 0.1) is 5.69 Å². The molecule has 2 aromatic heterocycles. The number of hydrogen-bond donors (Lipinski definition) is 0. The van der Waals surface area contributed by atoms with Crippen LogP contribution in [0.1, 0.15) is 37.3 Å². The van der Waals surface area contributed by atoms with E-state index < -0.39 is 0 Å². The Hall–Kier alpha value is -1.48. The number of aromatic nitrogens is 2. The number of rotatable bonds is 1. The number of ketones is 1. The number of nitrogens with zero attached hydrogens (tertiary/aromatic N) is 2. The van der Waals surface area contributed by atoms with Gasteiger partial charge in [-0.15, -0.1) is 0 Å². The molecule has 4 heteroatoms. The van der Waals surface area contributed by atoms with E-state index >= 15 is 0 Å². The van der Waals surface area contributed by atoms with Crippen LogP contribution >= 0.6 is 11.6 Å². The second kappa shape index (κ2) is 4.65. The molecule has 0 amide bonds. The molecule has 1 saturated carbocycles. The molecule has 3 rings (SSSR count). The van der Waals surface area contributed by atoms with Crippen LogP contribution in [-0.4, -0.2) is 15.8 Å². The fourth-order valence-corrected chi connectivity index (χ4v) is 2.76. The summed E-state index contributed by atoms with van der Waals surface area (Å²) in [7, 11) is 0. The largest absolute Gasteiger partial charge is 0.300 e. The highest BCUT2D eigenvalue weighted by Crippen LogP contribution is 2.34. The molecular formula is C14H13ClN2O. The smallest absolute Gasteiger partial charge is 0.132 e. The highest BCUT2D eigenvalue weighted by Gasteiger charge is 2.22. The fourth-order valence-electron chi connectivity index (χ4n) is 2.60. The number of hydrogen-bond acceptors (Lipinski definition) is 3. The molecule has 0 saturated heterocycles. The Kier molecular flexibility index (Phi) is 3.00. The van der Waals surface area contributed by atoms with Gasteiger partial charge in [-0.3, -0.25) is 9.78 Å². The van der Waals surface area contributed by atoms with Gasteiger partial charge in [0.2, 0.25) is 0 Å². The van der Waals surface area contributed by atoms with Crippen molar-refractivity contribution in [3.8, 4) is 0 Å². The summed E-state index contributed by atoms with van der Waals surface area (Å²) >= 11 is 5.96. The van der Waals surface area contributed by atoms with E-state index in [0.29, 0.717) is 29.7 Å². The molecule has 0 spiro atoms. The van der Waals surface area contributed by atoms with Crippen molar-refractivity contribution < 1.29 is 4.79 Å². The summed E-state index contributed by atoms with van der Waals surface area (Å²) in [5.74, 6) is 0.732. The van der Waals surface area contributed by atoms with Crippen molar-refractivity contribution in [2.45, 2.75) is 31.6 Å². The minimum absolute atomic E-state index is 0.366. The van der Waals surface area contributed by atoms with Gasteiger partial charge in [-0.2, -0.15) is 0 Å². The Morgan fingerprint density at radius 3 is 2.78 bits per heavy atom. The third-order valence-electron chi connectivity index (χ3n) is 3.58. The van der Waals surface area contributed by atoms with Crippen molar-refractivity contribution in [1.82, 2.24) is 9.97 Å². The lowest BCUT2D eigenvalue weighted by Crippen LogP contribution is -2.13. The zero-order valence-corrected chi connectivity index (χ0v) is 10.7. The fraction of sp³-hybridized carbons (Fsp3) is 0.357. The number of Topliss-reactive ketones (excluding diaryl/α,β-unsaturated/α-hetero) is 1. The quantitative estimate of drug-likeness (QED) is 0.737. The first kappa shape index (κ1) is 11.6. The van der Waals surface area contributed by atoms with Crippen LogP contribution in [0, 0.1) is 0 Å². The monoisotopic (exact) mass is 260 g/mol. The number of halogens is 1. The minimum Gasteiger partial charge on any atom is -0.300 e. The predicted molar refractivity (Wildman–Crippen MR) is 70.8 cm³/mol. The molecule has 1 aliphatic carbocycles. The first-order valence-corrected chi connectivity index (χ1v) is 6.53. The molecule has 92 valence electrons. The highest BCUT2D eigenvalue weighted by atomic mass is 35.5. The van der Waals surface area contributed by atoms with E-state index in [4.69, 9.17) is 11.6 Å². The normalized spacial score (nSPS) is 17.3. The number of carbonyl (C=O) groups excluding carboxylic acids is 1. The van der Waals surface area contributed by atoms with Crippen LogP contribution in [0.4, 0.5) is 0 Å². The molecule has 0 N–H and O–H groups in total. The van der Waals surface area contributed by atoms with Crippen molar-refractivity contribution in [2.24, 2.45) is 0 Å². The topological polar surface area (TPSA) is 42.9 Å². The molecular weight excluding hydrogens is 248 g/mol. The van der Waals surface area contributed by atoms with Crippen LogP contribution in [0.3, 0.4) is 0 Å². The lowest BCUT2D eigenvalue weighted by atomic mass is 9.84. The van der Waals surface area contributed by atoms with Gasteiger partial charge in [-0.25, -0.2) is 4.98 Å². The van der Waals surface area contributed by atoms with Gasteiger partial charge in [0.1, 0.15) is 10.9 Å². The summed E-state index contributed by atoms with van der Waals surface area (Å²) in [4.78, 5) is 19.9. The van der Waals surface area contributed by atoms with Crippen LogP contribution in [0.2, 0.25) is 5.15 Å². The SMILES string of the molecule is O=C1CCC(c2nccc3cnc(Cl)cc23)CC1. The first-order valence-electron chi connectivity index (χ1n) is 6.16. The molecule has 0 atom stereocenters. The molecule has 0 aromatic carbocycles. The molecule has 2 heterocycles. The van der Waals surface area contributed by atoms with E-state index in [1.165, 1.54) is 0 Å². The molecule has 0 aliphatic heterocycles. The van der Waals surface area contributed by atoms with Crippen LogP contribution in [0.15, 0.2) is 24.5 Å². The molecule has 2 aromatic rings. The number of carbonyl (C=O) groups is 1. The van der Waals surface area contributed by atoms with Gasteiger partial charge in [-0.1, -0.05) is 11.6 Å². The summed E-state index contributed by atoms with van der Waals surface area (Å²) in [6.07, 6.45) is 6.71. The molecule has 0 bridgehead atoms. The van der Waals surface area contributed by atoms with Crippen LogP contribution in [-0.2, 0) is 4.79 Å². The minimum atomic E-state index is 0.366. The third-order valence-corrected chi connectivity index (χ3v) is 3.78. The van der Waals surface area contributed by atoms with Gasteiger partial charge in [-0.05, 0) is 25.0 Å². The Bertz CT molecular complexity index is 602. The maximum atomic E-state index is 11.3. The summed E-state index contributed by atoms with van der Waals surface area (Å²) in [6.45, 7) is 0. The van der Waals surface area contributed by atoms with Gasteiger partial charge in [0, 0.05) is 41.9 Å². The molecule has 18 heavy (non-hydrogen) atoms. The Labute approximate surface area is 110 Å². The molecule has 1 aliphatic rings. The van der Waals surface area contributed by atoms with E-state index in [1.54, 1.807) is 6.20 Å². The van der Waals surface area contributed by atoms with E-state index in [2.05, 4.69) is 9.97 Å². The van der Waals surface area contributed by atoms with Gasteiger partial charge in [0.15, 0.2) is 0 Å². The summed E-state index contributed by atoms with van der Waals surface area (Å²) in [5.41, 5.74) is 1.06. The van der Waals surface area contributed by atoms with Crippen molar-refractivity contribution >= 4 is 28.2 Å². The van der Waals surface area contributed by atoms with Crippen LogP contribution in [0.5, 0.6) is 0 Å². The average molecular weight is 261 g/mol. The molecule has 0 radical (unpaired) electrons. The third kappa shape index (κ3) is 2.10. The van der Waals surface area contributed by atoms with Gasteiger partial charge >= 0.3 is 0 Å². The highest BCUT2D eigenvalue weighted by molar-refractivity contribution is 6.30.